The maximum absolute atomic E-state index is 6.20. The predicted octanol–water partition coefficient (Wildman–Crippen LogP) is 16.4. The van der Waals surface area contributed by atoms with Gasteiger partial charge in [-0.3, -0.25) is 0 Å². The van der Waals surface area contributed by atoms with Gasteiger partial charge in [0, 0.05) is 49.4 Å². The highest BCUT2D eigenvalue weighted by atomic mass is 16.3. The zero-order chi connectivity index (χ0) is 41.9. The molecule has 64 heavy (non-hydrogen) atoms. The quantitative estimate of drug-likeness (QED) is 0.188. The van der Waals surface area contributed by atoms with Crippen LogP contribution in [0.4, 0.5) is 17.1 Å². The molecule has 14 rings (SSSR count). The van der Waals surface area contributed by atoms with Crippen molar-refractivity contribution in [3.8, 4) is 44.5 Å². The molecule has 10 aromatic carbocycles. The molecular weight excluding hydrogens is 777 g/mol. The van der Waals surface area contributed by atoms with E-state index < -0.39 is 5.41 Å². The first kappa shape index (κ1) is 35.2. The second-order valence-corrected chi connectivity index (χ2v) is 17.2. The van der Waals surface area contributed by atoms with Crippen molar-refractivity contribution in [2.24, 2.45) is 0 Å². The molecular formula is C61H38N2O. The van der Waals surface area contributed by atoms with Gasteiger partial charge in [0.1, 0.15) is 11.2 Å². The molecule has 1 N–H and O–H groups in total. The van der Waals surface area contributed by atoms with Crippen LogP contribution < -0.4 is 4.90 Å². The molecule has 0 bridgehead atoms. The molecule has 2 heterocycles. The minimum Gasteiger partial charge on any atom is -0.456 e. The van der Waals surface area contributed by atoms with Crippen molar-refractivity contribution in [1.29, 1.82) is 0 Å². The van der Waals surface area contributed by atoms with Gasteiger partial charge in [-0.1, -0.05) is 176 Å². The van der Waals surface area contributed by atoms with Crippen LogP contribution in [0.25, 0.3) is 88.3 Å². The zero-order valence-electron chi connectivity index (χ0n) is 34.7. The van der Waals surface area contributed by atoms with E-state index >= 15 is 0 Å². The van der Waals surface area contributed by atoms with Gasteiger partial charge in [-0.25, -0.2) is 0 Å². The van der Waals surface area contributed by atoms with Crippen molar-refractivity contribution in [2.45, 2.75) is 5.41 Å². The van der Waals surface area contributed by atoms with E-state index in [1.165, 1.54) is 71.9 Å². The van der Waals surface area contributed by atoms with Gasteiger partial charge in [-0.2, -0.15) is 0 Å². The van der Waals surface area contributed by atoms with Crippen molar-refractivity contribution in [3.63, 3.8) is 0 Å². The van der Waals surface area contributed by atoms with Crippen molar-refractivity contribution in [1.82, 2.24) is 4.98 Å². The second-order valence-electron chi connectivity index (χ2n) is 17.2. The topological polar surface area (TPSA) is 32.2 Å². The van der Waals surface area contributed by atoms with Crippen LogP contribution in [0, 0.1) is 0 Å². The minimum atomic E-state index is -0.524. The van der Waals surface area contributed by atoms with Gasteiger partial charge in [0.2, 0.25) is 0 Å². The third-order valence-electron chi connectivity index (χ3n) is 14.0. The maximum Gasteiger partial charge on any atom is 0.135 e. The number of nitrogens with one attached hydrogen (secondary N) is 1. The molecule has 0 saturated carbocycles. The van der Waals surface area contributed by atoms with Gasteiger partial charge in [-0.05, 0) is 98.6 Å². The Labute approximate surface area is 370 Å². The van der Waals surface area contributed by atoms with Crippen molar-refractivity contribution >= 4 is 60.8 Å². The number of hydrogen-bond acceptors (Lipinski definition) is 2. The van der Waals surface area contributed by atoms with E-state index in [9.17, 15) is 0 Å². The highest BCUT2D eigenvalue weighted by Crippen LogP contribution is 2.65. The van der Waals surface area contributed by atoms with E-state index in [2.05, 4.69) is 222 Å². The lowest BCUT2D eigenvalue weighted by Crippen LogP contribution is -2.26. The number of fused-ring (bicyclic) bond motifs is 17. The molecule has 2 aromatic heterocycles. The first-order valence-electron chi connectivity index (χ1n) is 22.1. The number of hydrogen-bond donors (Lipinski definition) is 1. The van der Waals surface area contributed by atoms with E-state index in [0.29, 0.717) is 0 Å². The number of rotatable bonds is 5. The fourth-order valence-electron chi connectivity index (χ4n) is 11.4. The van der Waals surface area contributed by atoms with Crippen LogP contribution >= 0.6 is 0 Å². The van der Waals surface area contributed by atoms with Gasteiger partial charge in [0.15, 0.2) is 0 Å². The molecule has 12 aromatic rings. The lowest BCUT2D eigenvalue weighted by Gasteiger charge is -2.32. The average molecular weight is 815 g/mol. The summed E-state index contributed by atoms with van der Waals surface area (Å²) in [6, 6.07) is 82.3. The Kier molecular flexibility index (Phi) is 7.32. The van der Waals surface area contributed by atoms with Crippen molar-refractivity contribution in [2.75, 3.05) is 4.90 Å². The average Bonchev–Trinajstić information content (AvgIpc) is 4.10. The summed E-state index contributed by atoms with van der Waals surface area (Å²) in [5.74, 6) is 0. The summed E-state index contributed by atoms with van der Waals surface area (Å²) in [6.45, 7) is 0. The standard InChI is InChI=1S/C61H38N2O/c1-2-15-39(16-3-1)42-17-7-12-26-54(42)63(41-32-29-38(30-33-41)40-31-36-57-48(37-40)44-19-8-13-28-56(44)64-57)55-27-14-24-51-58(55)46-20-4-9-22-49(46)61(51)50-23-10-5-21-47(50)59-52(61)35-34-45-43-18-6-11-25-53(43)62-60(45)59/h1-37,62H. The molecule has 0 aliphatic heterocycles. The largest absolute Gasteiger partial charge is 0.456 e. The summed E-state index contributed by atoms with van der Waals surface area (Å²) in [5.41, 5.74) is 22.0. The van der Waals surface area contributed by atoms with Crippen molar-refractivity contribution in [3.05, 3.63) is 247 Å². The molecule has 1 atom stereocenters. The van der Waals surface area contributed by atoms with E-state index in [1.54, 1.807) is 0 Å². The van der Waals surface area contributed by atoms with Gasteiger partial charge in [0.05, 0.1) is 22.3 Å². The summed E-state index contributed by atoms with van der Waals surface area (Å²) in [5, 5.41) is 4.77. The van der Waals surface area contributed by atoms with Crippen molar-refractivity contribution < 1.29 is 4.42 Å². The number of aromatic nitrogens is 1. The van der Waals surface area contributed by atoms with Gasteiger partial charge < -0.3 is 14.3 Å². The number of para-hydroxylation sites is 3. The highest BCUT2D eigenvalue weighted by Gasteiger charge is 2.53. The summed E-state index contributed by atoms with van der Waals surface area (Å²) < 4.78 is 6.20. The maximum atomic E-state index is 6.20. The third-order valence-corrected chi connectivity index (χ3v) is 14.0. The number of nitrogens with zero attached hydrogens (tertiary/aromatic N) is 1. The van der Waals surface area contributed by atoms with Crippen LogP contribution in [0.2, 0.25) is 0 Å². The van der Waals surface area contributed by atoms with Gasteiger partial charge >= 0.3 is 0 Å². The van der Waals surface area contributed by atoms with E-state index in [0.717, 1.165) is 55.6 Å². The molecule has 2 aliphatic carbocycles. The molecule has 0 saturated heterocycles. The molecule has 298 valence electrons. The molecule has 0 radical (unpaired) electrons. The van der Waals surface area contributed by atoms with Crippen LogP contribution in [0.1, 0.15) is 22.3 Å². The van der Waals surface area contributed by atoms with E-state index in [1.807, 2.05) is 12.1 Å². The predicted molar refractivity (Wildman–Crippen MR) is 265 cm³/mol. The van der Waals surface area contributed by atoms with Crippen LogP contribution in [-0.2, 0) is 5.41 Å². The number of aromatic amines is 1. The summed E-state index contributed by atoms with van der Waals surface area (Å²) >= 11 is 0. The Hall–Kier alpha value is -8.40. The molecule has 1 unspecified atom stereocenters. The Morgan fingerprint density at radius 3 is 1.80 bits per heavy atom. The highest BCUT2D eigenvalue weighted by molar-refractivity contribution is 6.15. The molecule has 3 nitrogen and oxygen atoms in total. The molecule has 0 fully saturated rings. The monoisotopic (exact) mass is 814 g/mol. The molecule has 2 aliphatic rings. The van der Waals surface area contributed by atoms with Crippen LogP contribution in [0.5, 0.6) is 0 Å². The Morgan fingerprint density at radius 2 is 0.969 bits per heavy atom. The van der Waals surface area contributed by atoms with Crippen LogP contribution in [0.15, 0.2) is 229 Å². The second kappa shape index (κ2) is 13.3. The zero-order valence-corrected chi connectivity index (χ0v) is 34.7. The lowest BCUT2D eigenvalue weighted by molar-refractivity contribution is 0.669. The fourth-order valence-corrected chi connectivity index (χ4v) is 11.4. The number of anilines is 3. The lowest BCUT2D eigenvalue weighted by atomic mass is 9.70. The first-order chi connectivity index (χ1) is 31.8. The molecule has 0 amide bonds. The van der Waals surface area contributed by atoms with Crippen LogP contribution in [0.3, 0.4) is 0 Å². The number of benzene rings is 10. The number of furan rings is 1. The Balaban J connectivity index is 1.02. The molecule has 3 heteroatoms. The van der Waals surface area contributed by atoms with Crippen LogP contribution in [-0.4, -0.2) is 4.98 Å². The summed E-state index contributed by atoms with van der Waals surface area (Å²) in [7, 11) is 0. The Bertz CT molecular complexity index is 3860. The normalized spacial score (nSPS) is 14.6. The number of H-pyrrole nitrogens is 1. The Morgan fingerprint density at radius 1 is 0.359 bits per heavy atom. The smallest absolute Gasteiger partial charge is 0.135 e. The van der Waals surface area contributed by atoms with E-state index in [-0.39, 0.29) is 0 Å². The first-order valence-corrected chi connectivity index (χ1v) is 22.1. The summed E-state index contributed by atoms with van der Waals surface area (Å²) in [6.07, 6.45) is 0. The summed E-state index contributed by atoms with van der Waals surface area (Å²) in [4.78, 5) is 6.38. The van der Waals surface area contributed by atoms with E-state index in [4.69, 9.17) is 4.42 Å². The molecule has 1 spiro atoms. The van der Waals surface area contributed by atoms with Gasteiger partial charge in [0.25, 0.3) is 0 Å². The minimum absolute atomic E-state index is 0.524. The SMILES string of the molecule is c1ccc(-c2ccccc2N(c2ccc(-c3ccc4oc5ccccc5c4c3)cc2)c2cccc3c2-c2ccccc2C32c3ccccc3-c3c2ccc2c3[nH]c3ccccc32)cc1. The third kappa shape index (κ3) is 4.76. The van der Waals surface area contributed by atoms with Gasteiger partial charge in [-0.15, -0.1) is 0 Å². The fraction of sp³-hybridized carbons (Fsp3) is 0.0164.